The molecule has 1 amide bonds. The van der Waals surface area contributed by atoms with Crippen LogP contribution in [0.3, 0.4) is 0 Å². The Labute approximate surface area is 161 Å². The highest BCUT2D eigenvalue weighted by molar-refractivity contribution is 9.10. The Morgan fingerprint density at radius 1 is 1.04 bits per heavy atom. The molecule has 0 spiro atoms. The number of aromatic carboxylic acids is 1. The summed E-state index contributed by atoms with van der Waals surface area (Å²) >= 11 is 20.2. The number of hydrogen-bond acceptors (Lipinski definition) is 3. The molecule has 2 aromatic rings. The molecule has 0 fully saturated rings. The first-order chi connectivity index (χ1) is 11.3. The molecular weight excluding hydrogens is 439 g/mol. The van der Waals surface area contributed by atoms with Gasteiger partial charge < -0.3 is 10.4 Å². The van der Waals surface area contributed by atoms with Crippen molar-refractivity contribution in [2.75, 3.05) is 5.32 Å². The Balaban J connectivity index is 2.08. The third kappa shape index (κ3) is 4.67. The van der Waals surface area contributed by atoms with Crippen LogP contribution in [0.1, 0.15) is 20.7 Å². The van der Waals surface area contributed by atoms with Gasteiger partial charge >= 0.3 is 5.97 Å². The Bertz CT molecular complexity index is 845. The normalized spacial score (nSPS) is 10.1. The van der Waals surface area contributed by atoms with Crippen LogP contribution in [-0.4, -0.2) is 22.1 Å². The van der Waals surface area contributed by atoms with E-state index >= 15 is 0 Å². The van der Waals surface area contributed by atoms with Crippen molar-refractivity contribution in [3.05, 3.63) is 62.0 Å². The van der Waals surface area contributed by atoms with E-state index in [9.17, 15) is 9.59 Å². The molecule has 0 aliphatic heterocycles. The van der Waals surface area contributed by atoms with Crippen LogP contribution < -0.4 is 10.6 Å². The predicted octanol–water partition coefficient (Wildman–Crippen LogP) is 4.58. The summed E-state index contributed by atoms with van der Waals surface area (Å²) in [7, 11) is 0. The third-order valence-corrected chi connectivity index (χ3v) is 4.20. The lowest BCUT2D eigenvalue weighted by atomic mass is 10.2. The van der Waals surface area contributed by atoms with E-state index in [4.69, 9.17) is 40.5 Å². The van der Waals surface area contributed by atoms with Gasteiger partial charge in [-0.1, -0.05) is 39.1 Å². The van der Waals surface area contributed by atoms with Gasteiger partial charge in [-0.3, -0.25) is 10.1 Å². The summed E-state index contributed by atoms with van der Waals surface area (Å²) in [4.78, 5) is 23.1. The van der Waals surface area contributed by atoms with Crippen molar-refractivity contribution in [3.8, 4) is 0 Å². The van der Waals surface area contributed by atoms with Crippen LogP contribution in [0.15, 0.2) is 40.9 Å². The molecule has 9 heteroatoms. The fourth-order valence-corrected chi connectivity index (χ4v) is 2.81. The second-order valence-corrected chi connectivity index (χ2v) is 6.67. The van der Waals surface area contributed by atoms with Gasteiger partial charge in [0.2, 0.25) is 0 Å². The van der Waals surface area contributed by atoms with Crippen LogP contribution in [0.25, 0.3) is 0 Å². The van der Waals surface area contributed by atoms with E-state index < -0.39 is 11.9 Å². The van der Waals surface area contributed by atoms with Crippen molar-refractivity contribution in [2.45, 2.75) is 0 Å². The zero-order valence-electron chi connectivity index (χ0n) is 11.8. The first kappa shape index (κ1) is 18.7. The number of benzene rings is 2. The number of anilines is 1. The molecule has 0 bridgehead atoms. The number of carboxylic acids is 1. The Morgan fingerprint density at radius 2 is 1.75 bits per heavy atom. The zero-order valence-corrected chi connectivity index (χ0v) is 15.7. The minimum Gasteiger partial charge on any atom is -0.478 e. The van der Waals surface area contributed by atoms with E-state index in [1.165, 1.54) is 18.2 Å². The Morgan fingerprint density at radius 3 is 2.38 bits per heavy atom. The number of halogens is 3. The molecule has 0 unspecified atom stereocenters. The SMILES string of the molecule is O=C(O)c1ccc(NC(=S)NC(=O)c2cc(Br)ccc2Cl)cc1Cl. The molecule has 2 aromatic carbocycles. The van der Waals surface area contributed by atoms with E-state index in [0.717, 1.165) is 0 Å². The van der Waals surface area contributed by atoms with E-state index in [2.05, 4.69) is 26.6 Å². The van der Waals surface area contributed by atoms with E-state index in [1.54, 1.807) is 18.2 Å². The zero-order chi connectivity index (χ0) is 17.9. The smallest absolute Gasteiger partial charge is 0.337 e. The minimum absolute atomic E-state index is 0.0233. The number of carbonyl (C=O) groups excluding carboxylic acids is 1. The first-order valence-corrected chi connectivity index (χ1v) is 8.34. The summed E-state index contributed by atoms with van der Waals surface area (Å²) in [6.07, 6.45) is 0. The number of hydrogen-bond donors (Lipinski definition) is 3. The fraction of sp³-hybridized carbons (Fsp3) is 0. The highest BCUT2D eigenvalue weighted by Gasteiger charge is 2.13. The van der Waals surface area contributed by atoms with Gasteiger partial charge in [0.1, 0.15) is 0 Å². The standard InChI is InChI=1S/C15H9BrCl2N2O3S/c16-7-1-4-11(17)10(5-7)13(21)20-15(24)19-8-2-3-9(14(22)23)12(18)6-8/h1-6H,(H,22,23)(H2,19,20,21,24). The molecule has 0 aliphatic carbocycles. The third-order valence-electron chi connectivity index (χ3n) is 2.86. The summed E-state index contributed by atoms with van der Waals surface area (Å²) in [5.41, 5.74) is 0.670. The predicted molar refractivity (Wildman–Crippen MR) is 101 cm³/mol. The topological polar surface area (TPSA) is 78.4 Å². The molecule has 24 heavy (non-hydrogen) atoms. The molecule has 0 aliphatic rings. The van der Waals surface area contributed by atoms with Gasteiger partial charge in [-0.25, -0.2) is 4.79 Å². The summed E-state index contributed by atoms with van der Waals surface area (Å²) < 4.78 is 0.701. The fourth-order valence-electron chi connectivity index (χ4n) is 1.77. The number of amides is 1. The lowest BCUT2D eigenvalue weighted by molar-refractivity contribution is 0.0697. The van der Waals surface area contributed by atoms with E-state index in [0.29, 0.717) is 10.2 Å². The van der Waals surface area contributed by atoms with Gasteiger partial charge in [0.05, 0.1) is 21.2 Å². The molecule has 0 saturated heterocycles. The van der Waals surface area contributed by atoms with Crippen LogP contribution in [0, 0.1) is 0 Å². The van der Waals surface area contributed by atoms with Crippen molar-refractivity contribution >= 4 is 74.0 Å². The number of carbonyl (C=O) groups is 2. The van der Waals surface area contributed by atoms with Crippen molar-refractivity contribution in [2.24, 2.45) is 0 Å². The quantitative estimate of drug-likeness (QED) is 0.600. The van der Waals surface area contributed by atoms with Crippen LogP contribution in [0.4, 0.5) is 5.69 Å². The monoisotopic (exact) mass is 446 g/mol. The number of thiocarbonyl (C=S) groups is 1. The van der Waals surface area contributed by atoms with Crippen LogP contribution in [0.5, 0.6) is 0 Å². The molecule has 0 aromatic heterocycles. The molecule has 0 saturated carbocycles. The first-order valence-electron chi connectivity index (χ1n) is 6.38. The summed E-state index contributed by atoms with van der Waals surface area (Å²) in [6.45, 7) is 0. The molecule has 5 nitrogen and oxygen atoms in total. The molecule has 0 heterocycles. The van der Waals surface area contributed by atoms with Crippen molar-refractivity contribution in [1.29, 1.82) is 0 Å². The maximum absolute atomic E-state index is 12.2. The maximum Gasteiger partial charge on any atom is 0.337 e. The highest BCUT2D eigenvalue weighted by Crippen LogP contribution is 2.22. The average molecular weight is 448 g/mol. The Hall–Kier alpha value is -1.67. The highest BCUT2D eigenvalue weighted by atomic mass is 79.9. The molecule has 0 radical (unpaired) electrons. The van der Waals surface area contributed by atoms with Gasteiger partial charge in [-0.05, 0) is 48.6 Å². The van der Waals surface area contributed by atoms with E-state index in [1.807, 2.05) is 0 Å². The van der Waals surface area contributed by atoms with Crippen molar-refractivity contribution in [1.82, 2.24) is 5.32 Å². The average Bonchev–Trinajstić information content (AvgIpc) is 2.49. The van der Waals surface area contributed by atoms with Crippen LogP contribution >= 0.6 is 51.3 Å². The summed E-state index contributed by atoms with van der Waals surface area (Å²) in [5.74, 6) is -1.61. The maximum atomic E-state index is 12.2. The minimum atomic E-state index is -1.13. The lowest BCUT2D eigenvalue weighted by Gasteiger charge is -2.11. The van der Waals surface area contributed by atoms with E-state index in [-0.39, 0.29) is 26.3 Å². The largest absolute Gasteiger partial charge is 0.478 e. The number of rotatable bonds is 3. The van der Waals surface area contributed by atoms with Gasteiger partial charge in [0.25, 0.3) is 5.91 Å². The summed E-state index contributed by atoms with van der Waals surface area (Å²) in [6, 6.07) is 9.08. The summed E-state index contributed by atoms with van der Waals surface area (Å²) in [5, 5.41) is 14.5. The van der Waals surface area contributed by atoms with Gasteiger partial charge in [-0.15, -0.1) is 0 Å². The molecule has 2 rings (SSSR count). The van der Waals surface area contributed by atoms with Crippen molar-refractivity contribution < 1.29 is 14.7 Å². The second kappa shape index (κ2) is 7.94. The molecule has 3 N–H and O–H groups in total. The van der Waals surface area contributed by atoms with Gasteiger partial charge in [-0.2, -0.15) is 0 Å². The number of nitrogens with one attached hydrogen (secondary N) is 2. The Kier molecular flexibility index (Phi) is 6.17. The van der Waals surface area contributed by atoms with Crippen LogP contribution in [-0.2, 0) is 0 Å². The molecule has 0 atom stereocenters. The lowest BCUT2D eigenvalue weighted by Crippen LogP contribution is -2.34. The number of carboxylic acid groups (broad SMARTS) is 1. The van der Waals surface area contributed by atoms with Gasteiger partial charge in [0.15, 0.2) is 5.11 Å². The second-order valence-electron chi connectivity index (χ2n) is 4.53. The molecular formula is C15H9BrCl2N2O3S. The van der Waals surface area contributed by atoms with Crippen LogP contribution in [0.2, 0.25) is 10.0 Å². The van der Waals surface area contributed by atoms with Gasteiger partial charge in [0, 0.05) is 10.2 Å². The van der Waals surface area contributed by atoms with Crippen molar-refractivity contribution in [3.63, 3.8) is 0 Å². The molecule has 124 valence electrons.